The van der Waals surface area contributed by atoms with Crippen molar-refractivity contribution in [2.24, 2.45) is 40.4 Å². The van der Waals surface area contributed by atoms with Gasteiger partial charge in [-0.05, 0) is 130 Å². The van der Waals surface area contributed by atoms with Crippen LogP contribution in [0, 0.1) is 59.0 Å². The SMILES string of the molecule is C=C(CCc1c#cccc1)CC(C)(C)CC(CCC(=O)CCC)CC(C)CCCCCCCCCCCC.C=C[CH]C(=C)CCCC1(C)CCC1[C@H](C)CCC(C)C.CC.CC.CC.CC. The lowest BCUT2D eigenvalue weighted by Gasteiger charge is -2.51. The van der Waals surface area contributed by atoms with Crippen molar-refractivity contribution in [1.82, 2.24) is 0 Å². The molecule has 0 saturated heterocycles. The van der Waals surface area contributed by atoms with Crippen molar-refractivity contribution in [1.29, 1.82) is 0 Å². The summed E-state index contributed by atoms with van der Waals surface area (Å²) < 4.78 is 0. The largest absolute Gasteiger partial charge is 0.300 e. The van der Waals surface area contributed by atoms with Crippen molar-refractivity contribution in [3.63, 3.8) is 0 Å². The summed E-state index contributed by atoms with van der Waals surface area (Å²) in [6.45, 7) is 49.6. The molecule has 387 valence electrons. The Labute approximate surface area is 419 Å². The minimum absolute atomic E-state index is 0.221. The Morgan fingerprint density at radius 3 is 1.86 bits per heavy atom. The average Bonchev–Trinajstić information content (AvgIpc) is 3.30. The maximum absolute atomic E-state index is 12.3. The first-order valence-corrected chi connectivity index (χ1v) is 28.8. The molecule has 1 heteroatoms. The number of carbonyl (C=O) groups is 1. The number of hydrogen-bond donors (Lipinski definition) is 0. The predicted octanol–water partition coefficient (Wildman–Crippen LogP) is 22.4. The van der Waals surface area contributed by atoms with Gasteiger partial charge in [-0.1, -0.05) is 250 Å². The van der Waals surface area contributed by atoms with Crippen LogP contribution in [0.4, 0.5) is 0 Å². The van der Waals surface area contributed by atoms with E-state index in [0.717, 1.165) is 75.0 Å². The lowest BCUT2D eigenvalue weighted by molar-refractivity contribution is -0.119. The average molecular weight is 919 g/mol. The molecule has 1 fully saturated rings. The molecule has 5 atom stereocenters. The normalized spacial score (nSPS) is 16.2. The zero-order valence-electron chi connectivity index (χ0n) is 48.4. The van der Waals surface area contributed by atoms with Gasteiger partial charge in [0.25, 0.3) is 0 Å². The maximum Gasteiger partial charge on any atom is 0.132 e. The highest BCUT2D eigenvalue weighted by molar-refractivity contribution is 5.78. The first-order chi connectivity index (χ1) is 31.6. The highest BCUT2D eigenvalue weighted by Crippen LogP contribution is 2.54. The highest BCUT2D eigenvalue weighted by Gasteiger charge is 2.44. The molecule has 1 nitrogen and oxygen atoms in total. The summed E-state index contributed by atoms with van der Waals surface area (Å²) in [7, 11) is 0. The molecule has 66 heavy (non-hydrogen) atoms. The summed E-state index contributed by atoms with van der Waals surface area (Å²) in [5.74, 6) is 4.55. The van der Waals surface area contributed by atoms with E-state index < -0.39 is 0 Å². The van der Waals surface area contributed by atoms with Gasteiger partial charge in [0.1, 0.15) is 5.78 Å². The Morgan fingerprint density at radius 1 is 0.773 bits per heavy atom. The van der Waals surface area contributed by atoms with E-state index in [4.69, 9.17) is 0 Å². The van der Waals surface area contributed by atoms with Crippen molar-refractivity contribution < 1.29 is 4.79 Å². The molecule has 0 aromatic heterocycles. The van der Waals surface area contributed by atoms with Gasteiger partial charge in [0.2, 0.25) is 0 Å². The van der Waals surface area contributed by atoms with Gasteiger partial charge < -0.3 is 0 Å². The third kappa shape index (κ3) is 39.9. The Kier molecular flexibility index (Phi) is 51.2. The Balaban J connectivity index is -0.000000575. The van der Waals surface area contributed by atoms with E-state index in [1.165, 1.54) is 139 Å². The third-order valence-electron chi connectivity index (χ3n) is 13.6. The van der Waals surface area contributed by atoms with Crippen LogP contribution < -0.4 is 0 Å². The van der Waals surface area contributed by atoms with Crippen molar-refractivity contribution in [3.8, 4) is 0 Å². The first kappa shape index (κ1) is 70.5. The van der Waals surface area contributed by atoms with Crippen LogP contribution in [0.15, 0.2) is 55.2 Å². The minimum Gasteiger partial charge on any atom is -0.300 e. The maximum atomic E-state index is 12.3. The van der Waals surface area contributed by atoms with E-state index in [1.807, 2.05) is 80.0 Å². The summed E-state index contributed by atoms with van der Waals surface area (Å²) in [5, 5.41) is 0. The van der Waals surface area contributed by atoms with Crippen molar-refractivity contribution in [2.75, 3.05) is 0 Å². The van der Waals surface area contributed by atoms with Gasteiger partial charge in [0.05, 0.1) is 0 Å². The molecule has 2 rings (SSSR count). The lowest BCUT2D eigenvalue weighted by atomic mass is 9.54. The molecule has 0 amide bonds. The van der Waals surface area contributed by atoms with Crippen LogP contribution in [-0.2, 0) is 11.2 Å². The van der Waals surface area contributed by atoms with Crippen LogP contribution in [-0.4, -0.2) is 5.78 Å². The molecule has 1 radical (unpaired) electrons. The van der Waals surface area contributed by atoms with Gasteiger partial charge in [-0.3, -0.25) is 4.79 Å². The van der Waals surface area contributed by atoms with Crippen LogP contribution in [0.2, 0.25) is 0 Å². The fourth-order valence-electron chi connectivity index (χ4n) is 10.1. The summed E-state index contributed by atoms with van der Waals surface area (Å²) in [6.07, 6.45) is 37.8. The summed E-state index contributed by atoms with van der Waals surface area (Å²) in [5.41, 5.74) is 4.61. The number of allylic oxidation sites excluding steroid dienone is 3. The molecule has 1 saturated carbocycles. The van der Waals surface area contributed by atoms with Crippen LogP contribution in [0.3, 0.4) is 0 Å². The van der Waals surface area contributed by atoms with Gasteiger partial charge in [0.15, 0.2) is 0 Å². The fraction of sp³-hybridized carbons (Fsp3) is 0.785. The second kappa shape index (κ2) is 48.0. The summed E-state index contributed by atoms with van der Waals surface area (Å²) in [4.78, 5) is 12.3. The number of carbonyl (C=O) groups excluding carboxylic acids is 1. The van der Waals surface area contributed by atoms with Crippen LogP contribution in [0.25, 0.3) is 0 Å². The topological polar surface area (TPSA) is 17.1 Å². The quantitative estimate of drug-likeness (QED) is 0.0490. The third-order valence-corrected chi connectivity index (χ3v) is 13.6. The van der Waals surface area contributed by atoms with Gasteiger partial charge in [-0.25, -0.2) is 0 Å². The molecule has 0 heterocycles. The first-order valence-electron chi connectivity index (χ1n) is 28.8. The van der Waals surface area contributed by atoms with Gasteiger partial charge in [0, 0.05) is 24.8 Å². The summed E-state index contributed by atoms with van der Waals surface area (Å²) in [6, 6.07) is 12.4. The number of rotatable bonds is 35. The monoisotopic (exact) mass is 918 g/mol. The molecule has 1 aliphatic rings. The van der Waals surface area contributed by atoms with Crippen molar-refractivity contribution >= 4 is 5.78 Å². The van der Waals surface area contributed by atoms with E-state index >= 15 is 0 Å². The van der Waals surface area contributed by atoms with Gasteiger partial charge in [-0.15, -0.1) is 6.58 Å². The van der Waals surface area contributed by atoms with E-state index in [1.54, 1.807) is 0 Å². The van der Waals surface area contributed by atoms with Gasteiger partial charge in [-0.2, -0.15) is 0 Å². The van der Waals surface area contributed by atoms with Crippen LogP contribution >= 0.6 is 0 Å². The Hall–Kier alpha value is -2.07. The van der Waals surface area contributed by atoms with E-state index in [-0.39, 0.29) is 5.41 Å². The molecular formula is C65H121O. The zero-order valence-corrected chi connectivity index (χ0v) is 48.4. The molecule has 4 unspecified atom stereocenters. The van der Waals surface area contributed by atoms with E-state index in [2.05, 4.69) is 100 Å². The number of aryl methyl sites for hydroxylation is 1. The Bertz CT molecular complexity index is 1200. The smallest absolute Gasteiger partial charge is 0.132 e. The van der Waals surface area contributed by atoms with Crippen molar-refractivity contribution in [2.45, 2.75) is 291 Å². The van der Waals surface area contributed by atoms with Crippen LogP contribution in [0.1, 0.15) is 290 Å². The number of Topliss-reactive ketones (excluding diaryl/α,β-unsaturated/α-hetero) is 1. The van der Waals surface area contributed by atoms with Gasteiger partial charge >= 0.3 is 0 Å². The minimum atomic E-state index is 0.221. The predicted molar refractivity (Wildman–Crippen MR) is 304 cm³/mol. The number of ketones is 1. The van der Waals surface area contributed by atoms with E-state index in [0.29, 0.717) is 17.1 Å². The molecule has 1 aliphatic carbocycles. The lowest BCUT2D eigenvalue weighted by Crippen LogP contribution is -2.41. The Morgan fingerprint density at radius 2 is 1.36 bits per heavy atom. The molecule has 0 N–H and O–H groups in total. The molecule has 1 aromatic carbocycles. The van der Waals surface area contributed by atoms with E-state index in [9.17, 15) is 4.79 Å². The molecular weight excluding hydrogens is 797 g/mol. The highest BCUT2D eigenvalue weighted by atomic mass is 16.1. The molecule has 0 spiro atoms. The summed E-state index contributed by atoms with van der Waals surface area (Å²) >= 11 is 0. The van der Waals surface area contributed by atoms with Crippen LogP contribution in [0.5, 0.6) is 0 Å². The number of hydrogen-bond acceptors (Lipinski definition) is 1. The second-order valence-electron chi connectivity index (χ2n) is 20.8. The zero-order chi connectivity index (χ0) is 51.2. The molecule has 0 bridgehead atoms. The van der Waals surface area contributed by atoms with Crippen molar-refractivity contribution in [3.05, 3.63) is 79.3 Å². The standard InChI is InChI=1S/C37H62O.C20H35.4C2H6/c1-7-9-10-11-12-13-14-15-16-18-22-32(3)29-35(27-28-36(38)21-8-2)31-37(5,6)30-33(4)25-26-34-23-19-17-20-24-34;1-7-9-17(4)10-8-14-20(6)15-13-19(20)18(5)12-11-16(2)3;4*1-2/h17,19,23,32,35H,4,7-16,18,21-22,25-31H2,1-3,5-6H3;7,9,16,18-19H,1,4,8,10-15H2,2-3,5-6H3;4*1-2H3/t;18-,19?,20?;;;;/m.1..../s1. The molecule has 0 aliphatic heterocycles. The second-order valence-corrected chi connectivity index (χ2v) is 20.8. The molecule has 1 aromatic rings. The fourth-order valence-corrected chi connectivity index (χ4v) is 10.1. The number of unbranched alkanes of at least 4 members (excludes halogenated alkanes) is 9.